The third-order valence-corrected chi connectivity index (χ3v) is 7.07. The molecule has 0 radical (unpaired) electrons. The van der Waals surface area contributed by atoms with Crippen LogP contribution in [0.5, 0.6) is 0 Å². The fourth-order valence-corrected chi connectivity index (χ4v) is 5.34. The first-order valence-electron chi connectivity index (χ1n) is 12.1. The Labute approximate surface area is 195 Å². The number of carbonyl (C=O) groups is 1. The minimum atomic E-state index is 0.127. The lowest BCUT2D eigenvalue weighted by molar-refractivity contribution is 0.0692. The number of carbonyl (C=O) groups excluding carboxylic acids is 1. The summed E-state index contributed by atoms with van der Waals surface area (Å²) in [7, 11) is 0. The van der Waals surface area contributed by atoms with Crippen molar-refractivity contribution in [3.05, 3.63) is 65.4 Å². The first-order valence-corrected chi connectivity index (χ1v) is 12.1. The van der Waals surface area contributed by atoms with Crippen LogP contribution in [0.15, 0.2) is 48.5 Å². The second-order valence-corrected chi connectivity index (χ2v) is 9.39. The minimum absolute atomic E-state index is 0.127. The minimum Gasteiger partial charge on any atom is -0.334 e. The molecule has 2 aliphatic heterocycles. The number of piperidine rings is 1. The zero-order valence-corrected chi connectivity index (χ0v) is 19.3. The van der Waals surface area contributed by atoms with Crippen LogP contribution < -0.4 is 0 Å². The van der Waals surface area contributed by atoms with Crippen molar-refractivity contribution in [1.82, 2.24) is 14.8 Å². The number of amides is 1. The zero-order valence-electron chi connectivity index (χ0n) is 19.3. The highest BCUT2D eigenvalue weighted by Crippen LogP contribution is 2.29. The van der Waals surface area contributed by atoms with Crippen LogP contribution in [0.25, 0.3) is 22.0 Å². The van der Waals surface area contributed by atoms with Crippen molar-refractivity contribution in [1.29, 1.82) is 5.26 Å². The molecule has 5 rings (SSSR count). The van der Waals surface area contributed by atoms with Crippen molar-refractivity contribution < 1.29 is 4.79 Å². The lowest BCUT2D eigenvalue weighted by atomic mass is 9.99. The summed E-state index contributed by atoms with van der Waals surface area (Å²) in [4.78, 5) is 23.2. The van der Waals surface area contributed by atoms with Gasteiger partial charge < -0.3 is 9.80 Å². The van der Waals surface area contributed by atoms with Crippen LogP contribution in [0.2, 0.25) is 0 Å². The van der Waals surface area contributed by atoms with Crippen LogP contribution in [0.3, 0.4) is 0 Å². The van der Waals surface area contributed by atoms with Gasteiger partial charge in [-0.1, -0.05) is 24.6 Å². The maximum absolute atomic E-state index is 13.8. The second-order valence-electron chi connectivity index (χ2n) is 9.39. The van der Waals surface area contributed by atoms with Gasteiger partial charge in [-0.3, -0.25) is 9.78 Å². The van der Waals surface area contributed by atoms with Gasteiger partial charge in [-0.2, -0.15) is 5.26 Å². The zero-order chi connectivity index (χ0) is 22.8. The van der Waals surface area contributed by atoms with Gasteiger partial charge in [-0.25, -0.2) is 0 Å². The smallest absolute Gasteiger partial charge is 0.254 e. The fourth-order valence-electron chi connectivity index (χ4n) is 5.34. The Balaban J connectivity index is 1.48. The van der Waals surface area contributed by atoms with Crippen molar-refractivity contribution in [3.63, 3.8) is 0 Å². The first-order chi connectivity index (χ1) is 16.1. The van der Waals surface area contributed by atoms with E-state index in [4.69, 9.17) is 10.2 Å². The van der Waals surface area contributed by atoms with Gasteiger partial charge in [0.1, 0.15) is 0 Å². The molecule has 0 aliphatic carbocycles. The molecule has 0 spiro atoms. The third-order valence-electron chi connectivity index (χ3n) is 7.07. The molecule has 168 valence electrons. The lowest BCUT2D eigenvalue weighted by Crippen LogP contribution is -2.44. The molecule has 1 aromatic heterocycles. The molecule has 5 heteroatoms. The SMILES string of the molecule is Cc1cc(C(=O)N2CCCC2CN2CCCCC2)c2cc(-c3ccc(C#N)cc3)ccc2n1. The molecule has 1 amide bonds. The summed E-state index contributed by atoms with van der Waals surface area (Å²) in [6.45, 7) is 6.09. The molecule has 5 nitrogen and oxygen atoms in total. The quantitative estimate of drug-likeness (QED) is 0.564. The molecule has 2 fully saturated rings. The summed E-state index contributed by atoms with van der Waals surface area (Å²) in [6, 6.07) is 18.1. The van der Waals surface area contributed by atoms with Crippen molar-refractivity contribution in [2.75, 3.05) is 26.2 Å². The van der Waals surface area contributed by atoms with Crippen LogP contribution in [0.1, 0.15) is 53.7 Å². The number of benzene rings is 2. The predicted octanol–water partition coefficient (Wildman–Crippen LogP) is 5.17. The summed E-state index contributed by atoms with van der Waals surface area (Å²) in [6.07, 6.45) is 6.02. The van der Waals surface area contributed by atoms with E-state index in [2.05, 4.69) is 21.9 Å². The predicted molar refractivity (Wildman–Crippen MR) is 131 cm³/mol. The average Bonchev–Trinajstić information content (AvgIpc) is 3.31. The van der Waals surface area contributed by atoms with E-state index < -0.39 is 0 Å². The van der Waals surface area contributed by atoms with Crippen molar-refractivity contribution in [2.45, 2.75) is 45.1 Å². The van der Waals surface area contributed by atoms with E-state index in [1.165, 1.54) is 19.3 Å². The summed E-state index contributed by atoms with van der Waals surface area (Å²) in [5.41, 5.74) is 5.16. The molecule has 2 aliphatic rings. The number of aromatic nitrogens is 1. The Bertz CT molecular complexity index is 1210. The van der Waals surface area contributed by atoms with E-state index in [-0.39, 0.29) is 5.91 Å². The summed E-state index contributed by atoms with van der Waals surface area (Å²) in [5, 5.41) is 9.99. The Morgan fingerprint density at radius 2 is 1.76 bits per heavy atom. The molecule has 0 bridgehead atoms. The molecule has 2 aromatic carbocycles. The number of hydrogen-bond donors (Lipinski definition) is 0. The van der Waals surface area contributed by atoms with E-state index in [1.807, 2.05) is 49.4 Å². The number of rotatable bonds is 4. The molecule has 2 saturated heterocycles. The van der Waals surface area contributed by atoms with Crippen molar-refractivity contribution in [2.24, 2.45) is 0 Å². The molecule has 3 aromatic rings. The maximum atomic E-state index is 13.8. The van der Waals surface area contributed by atoms with E-state index >= 15 is 0 Å². The molecule has 0 N–H and O–H groups in total. The average molecular weight is 439 g/mol. The van der Waals surface area contributed by atoms with E-state index in [0.29, 0.717) is 11.6 Å². The fraction of sp³-hybridized carbons (Fsp3) is 0.393. The van der Waals surface area contributed by atoms with Gasteiger partial charge in [0.2, 0.25) is 0 Å². The highest BCUT2D eigenvalue weighted by molar-refractivity contribution is 6.07. The van der Waals surface area contributed by atoms with Crippen molar-refractivity contribution in [3.8, 4) is 17.2 Å². The first kappa shape index (κ1) is 21.6. The summed E-state index contributed by atoms with van der Waals surface area (Å²) >= 11 is 0. The van der Waals surface area contributed by atoms with E-state index in [1.54, 1.807) is 0 Å². The Hall–Kier alpha value is -3.23. The highest BCUT2D eigenvalue weighted by atomic mass is 16.2. The molecule has 33 heavy (non-hydrogen) atoms. The van der Waals surface area contributed by atoms with Gasteiger partial charge in [-0.05, 0) is 87.2 Å². The summed E-state index contributed by atoms with van der Waals surface area (Å²) < 4.78 is 0. The van der Waals surface area contributed by atoms with Crippen LogP contribution >= 0.6 is 0 Å². The number of nitrogens with zero attached hydrogens (tertiary/aromatic N) is 4. The van der Waals surface area contributed by atoms with Gasteiger partial charge in [-0.15, -0.1) is 0 Å². The highest BCUT2D eigenvalue weighted by Gasteiger charge is 2.32. The molecule has 3 heterocycles. The molecule has 0 saturated carbocycles. The van der Waals surface area contributed by atoms with Gasteiger partial charge in [0.05, 0.1) is 22.7 Å². The standard InChI is InChI=1S/C28H30N4O/c1-20-16-26(28(33)32-15-5-6-24(32)19-31-13-3-2-4-14-31)25-17-23(11-12-27(25)30-20)22-9-7-21(18-29)8-10-22/h7-12,16-17,24H,2-6,13-15,19H2,1H3. The Morgan fingerprint density at radius 3 is 2.52 bits per heavy atom. The Kier molecular flexibility index (Phi) is 6.11. The van der Waals surface area contributed by atoms with E-state index in [9.17, 15) is 4.79 Å². The number of pyridine rings is 1. The normalized spacial score (nSPS) is 19.0. The number of nitriles is 1. The maximum Gasteiger partial charge on any atom is 0.254 e. The number of fused-ring (bicyclic) bond motifs is 1. The van der Waals surface area contributed by atoms with Crippen LogP contribution in [0.4, 0.5) is 0 Å². The molecular formula is C28H30N4O. The molecule has 1 atom stereocenters. The molecular weight excluding hydrogens is 408 g/mol. The number of likely N-dealkylation sites (tertiary alicyclic amines) is 2. The monoisotopic (exact) mass is 438 g/mol. The summed E-state index contributed by atoms with van der Waals surface area (Å²) in [5.74, 6) is 0.127. The van der Waals surface area contributed by atoms with Crippen LogP contribution in [0, 0.1) is 18.3 Å². The number of aryl methyl sites for hydroxylation is 1. The second kappa shape index (κ2) is 9.33. The number of hydrogen-bond acceptors (Lipinski definition) is 4. The topological polar surface area (TPSA) is 60.2 Å². The molecule has 1 unspecified atom stereocenters. The van der Waals surface area contributed by atoms with E-state index in [0.717, 1.165) is 72.3 Å². The van der Waals surface area contributed by atoms with Crippen LogP contribution in [-0.4, -0.2) is 52.9 Å². The largest absolute Gasteiger partial charge is 0.334 e. The Morgan fingerprint density at radius 1 is 1.00 bits per heavy atom. The lowest BCUT2D eigenvalue weighted by Gasteiger charge is -2.33. The van der Waals surface area contributed by atoms with Gasteiger partial charge in [0, 0.05) is 30.2 Å². The van der Waals surface area contributed by atoms with Crippen LogP contribution in [-0.2, 0) is 0 Å². The van der Waals surface area contributed by atoms with Crippen molar-refractivity contribution >= 4 is 16.8 Å². The van der Waals surface area contributed by atoms with Gasteiger partial charge in [0.25, 0.3) is 5.91 Å². The van der Waals surface area contributed by atoms with Gasteiger partial charge >= 0.3 is 0 Å². The third kappa shape index (κ3) is 4.49. The van der Waals surface area contributed by atoms with Gasteiger partial charge in [0.15, 0.2) is 0 Å².